The molecule has 0 saturated heterocycles. The molecule has 0 radical (unpaired) electrons. The van der Waals surface area contributed by atoms with Crippen molar-refractivity contribution >= 4 is 23.5 Å². The molecule has 0 aliphatic heterocycles. The molecule has 0 fully saturated rings. The zero-order valence-corrected chi connectivity index (χ0v) is 13.0. The number of nitrogens with one attached hydrogen (secondary N) is 2. The second kappa shape index (κ2) is 7.74. The van der Waals surface area contributed by atoms with Crippen LogP contribution in [0.2, 0.25) is 0 Å². The first kappa shape index (κ1) is 15.5. The Hall–Kier alpha value is -3.40. The van der Waals surface area contributed by atoms with Crippen LogP contribution in [0.5, 0.6) is 0 Å². The molecule has 2 N–H and O–H groups in total. The third-order valence-electron chi connectivity index (χ3n) is 3.39. The van der Waals surface area contributed by atoms with Gasteiger partial charge >= 0.3 is 0 Å². The summed E-state index contributed by atoms with van der Waals surface area (Å²) in [6.45, 7) is 0. The number of benzene rings is 3. The molecular weight excluding hydrogens is 298 g/mol. The molecule has 1 amide bonds. The summed E-state index contributed by atoms with van der Waals surface area (Å²) in [6, 6.07) is 26.8. The lowest BCUT2D eigenvalue weighted by molar-refractivity contribution is 0.0955. The lowest BCUT2D eigenvalue weighted by atomic mass is 10.2. The van der Waals surface area contributed by atoms with Crippen LogP contribution in [0.15, 0.2) is 90.0 Å². The third kappa shape index (κ3) is 4.30. The predicted molar refractivity (Wildman–Crippen MR) is 97.7 cm³/mol. The van der Waals surface area contributed by atoms with Crippen LogP contribution in [0.4, 0.5) is 11.4 Å². The van der Waals surface area contributed by atoms with Gasteiger partial charge in [-0.05, 0) is 42.0 Å². The number of amides is 1. The first-order valence-electron chi connectivity index (χ1n) is 7.62. The maximum atomic E-state index is 11.9. The topological polar surface area (TPSA) is 53.5 Å². The number of hydrazone groups is 1. The van der Waals surface area contributed by atoms with Gasteiger partial charge in [0.15, 0.2) is 0 Å². The van der Waals surface area contributed by atoms with Crippen LogP contribution in [0.3, 0.4) is 0 Å². The number of hydrogen-bond acceptors (Lipinski definition) is 3. The second-order valence-corrected chi connectivity index (χ2v) is 5.18. The molecule has 0 aromatic heterocycles. The van der Waals surface area contributed by atoms with Crippen molar-refractivity contribution in [3.8, 4) is 0 Å². The van der Waals surface area contributed by atoms with E-state index in [0.717, 1.165) is 16.9 Å². The Balaban J connectivity index is 1.57. The lowest BCUT2D eigenvalue weighted by Crippen LogP contribution is -2.17. The summed E-state index contributed by atoms with van der Waals surface area (Å²) in [5.74, 6) is -0.228. The highest BCUT2D eigenvalue weighted by molar-refractivity contribution is 5.94. The Morgan fingerprint density at radius 1 is 0.750 bits per heavy atom. The molecule has 0 heterocycles. The van der Waals surface area contributed by atoms with Crippen molar-refractivity contribution in [3.05, 3.63) is 96.1 Å². The van der Waals surface area contributed by atoms with Gasteiger partial charge in [0.25, 0.3) is 5.91 Å². The molecule has 0 unspecified atom stereocenters. The van der Waals surface area contributed by atoms with Crippen LogP contribution < -0.4 is 10.7 Å². The van der Waals surface area contributed by atoms with E-state index in [-0.39, 0.29) is 5.91 Å². The number of carbonyl (C=O) groups excluding carboxylic acids is 1. The molecule has 0 spiro atoms. The van der Waals surface area contributed by atoms with E-state index in [4.69, 9.17) is 0 Å². The quantitative estimate of drug-likeness (QED) is 0.548. The van der Waals surface area contributed by atoms with E-state index < -0.39 is 0 Å². The molecule has 118 valence electrons. The van der Waals surface area contributed by atoms with E-state index in [1.54, 1.807) is 18.3 Å². The fraction of sp³-hybridized carbons (Fsp3) is 0. The smallest absolute Gasteiger partial charge is 0.271 e. The molecular formula is C20H17N3O. The molecule has 4 heteroatoms. The number of anilines is 2. The fourth-order valence-electron chi connectivity index (χ4n) is 2.16. The largest absolute Gasteiger partial charge is 0.356 e. The number of carbonyl (C=O) groups is 1. The minimum absolute atomic E-state index is 0.228. The highest BCUT2D eigenvalue weighted by Gasteiger charge is 2.01. The predicted octanol–water partition coefficient (Wildman–Crippen LogP) is 4.19. The van der Waals surface area contributed by atoms with Crippen LogP contribution in [0.1, 0.15) is 15.9 Å². The van der Waals surface area contributed by atoms with Gasteiger partial charge in [-0.1, -0.05) is 48.5 Å². The summed E-state index contributed by atoms with van der Waals surface area (Å²) in [4.78, 5) is 11.9. The van der Waals surface area contributed by atoms with Crippen molar-refractivity contribution in [2.45, 2.75) is 0 Å². The van der Waals surface area contributed by atoms with Crippen molar-refractivity contribution < 1.29 is 4.79 Å². The first-order valence-corrected chi connectivity index (χ1v) is 7.62. The Morgan fingerprint density at radius 2 is 1.33 bits per heavy atom. The Kier molecular flexibility index (Phi) is 5.00. The van der Waals surface area contributed by atoms with Gasteiger partial charge in [0.05, 0.1) is 6.21 Å². The molecule has 0 saturated carbocycles. The minimum atomic E-state index is -0.228. The Labute approximate surface area is 140 Å². The number of para-hydroxylation sites is 1. The minimum Gasteiger partial charge on any atom is -0.356 e. The van der Waals surface area contributed by atoms with Gasteiger partial charge in [-0.3, -0.25) is 4.79 Å². The van der Waals surface area contributed by atoms with Gasteiger partial charge in [-0.2, -0.15) is 5.10 Å². The summed E-state index contributed by atoms with van der Waals surface area (Å²) in [5.41, 5.74) is 6.03. The molecule has 0 bridgehead atoms. The fourth-order valence-corrected chi connectivity index (χ4v) is 2.16. The number of rotatable bonds is 5. The number of hydrogen-bond donors (Lipinski definition) is 2. The highest BCUT2D eigenvalue weighted by atomic mass is 16.2. The summed E-state index contributed by atoms with van der Waals surface area (Å²) in [5, 5.41) is 7.30. The van der Waals surface area contributed by atoms with Gasteiger partial charge in [-0.15, -0.1) is 0 Å². The van der Waals surface area contributed by atoms with Gasteiger partial charge in [0, 0.05) is 16.9 Å². The van der Waals surface area contributed by atoms with Crippen molar-refractivity contribution in [3.63, 3.8) is 0 Å². The first-order chi connectivity index (χ1) is 11.8. The molecule has 0 aliphatic carbocycles. The van der Waals surface area contributed by atoms with E-state index in [0.29, 0.717) is 5.56 Å². The van der Waals surface area contributed by atoms with Crippen LogP contribution in [-0.4, -0.2) is 12.1 Å². The molecule has 3 rings (SSSR count). The van der Waals surface area contributed by atoms with E-state index in [1.807, 2.05) is 72.8 Å². The van der Waals surface area contributed by atoms with E-state index in [2.05, 4.69) is 15.8 Å². The molecule has 0 aliphatic rings. The zero-order valence-electron chi connectivity index (χ0n) is 13.0. The third-order valence-corrected chi connectivity index (χ3v) is 3.39. The van der Waals surface area contributed by atoms with E-state index in [1.165, 1.54) is 0 Å². The summed E-state index contributed by atoms with van der Waals surface area (Å²) >= 11 is 0. The van der Waals surface area contributed by atoms with Crippen molar-refractivity contribution in [1.29, 1.82) is 0 Å². The molecule has 4 nitrogen and oxygen atoms in total. The summed E-state index contributed by atoms with van der Waals surface area (Å²) in [6.07, 6.45) is 1.62. The van der Waals surface area contributed by atoms with Crippen molar-refractivity contribution in [2.24, 2.45) is 5.10 Å². The summed E-state index contributed by atoms with van der Waals surface area (Å²) in [7, 11) is 0. The average molecular weight is 315 g/mol. The molecule has 3 aromatic carbocycles. The lowest BCUT2D eigenvalue weighted by Gasteiger charge is -2.06. The number of nitrogens with zero attached hydrogens (tertiary/aromatic N) is 1. The van der Waals surface area contributed by atoms with Crippen LogP contribution in [-0.2, 0) is 0 Å². The summed E-state index contributed by atoms with van der Waals surface area (Å²) < 4.78 is 0. The van der Waals surface area contributed by atoms with Crippen LogP contribution in [0.25, 0.3) is 0 Å². The monoisotopic (exact) mass is 315 g/mol. The Bertz CT molecular complexity index is 813. The van der Waals surface area contributed by atoms with E-state index >= 15 is 0 Å². The van der Waals surface area contributed by atoms with Gasteiger partial charge in [0.2, 0.25) is 0 Å². The highest BCUT2D eigenvalue weighted by Crippen LogP contribution is 2.15. The van der Waals surface area contributed by atoms with Gasteiger partial charge in [0.1, 0.15) is 0 Å². The van der Waals surface area contributed by atoms with Crippen molar-refractivity contribution in [1.82, 2.24) is 5.43 Å². The van der Waals surface area contributed by atoms with Gasteiger partial charge in [-0.25, -0.2) is 5.43 Å². The van der Waals surface area contributed by atoms with Gasteiger partial charge < -0.3 is 5.32 Å². The van der Waals surface area contributed by atoms with E-state index in [9.17, 15) is 4.79 Å². The van der Waals surface area contributed by atoms with Crippen LogP contribution in [0, 0.1) is 0 Å². The Morgan fingerprint density at radius 3 is 2.00 bits per heavy atom. The van der Waals surface area contributed by atoms with Crippen LogP contribution >= 0.6 is 0 Å². The van der Waals surface area contributed by atoms with Crippen molar-refractivity contribution in [2.75, 3.05) is 5.32 Å². The maximum Gasteiger partial charge on any atom is 0.271 e. The normalized spacial score (nSPS) is 10.5. The molecule has 24 heavy (non-hydrogen) atoms. The average Bonchev–Trinajstić information content (AvgIpc) is 2.65. The standard InChI is InChI=1S/C20H17N3O/c24-20(17-7-3-1-4-8-17)23-21-15-16-11-13-19(14-12-16)22-18-9-5-2-6-10-18/h1-15,22H,(H,23,24)/b21-15+. The molecule has 0 atom stereocenters. The zero-order chi connectivity index (χ0) is 16.6. The molecule has 3 aromatic rings. The SMILES string of the molecule is O=C(N/N=C/c1ccc(Nc2ccccc2)cc1)c1ccccc1. The maximum absolute atomic E-state index is 11.9. The second-order valence-electron chi connectivity index (χ2n) is 5.18.